The van der Waals surface area contributed by atoms with Gasteiger partial charge >= 0.3 is 0 Å². The number of hydrogen-bond donors (Lipinski definition) is 1. The number of fused-ring (bicyclic) bond motifs is 3. The maximum absolute atomic E-state index is 6.29. The molecule has 0 aliphatic carbocycles. The summed E-state index contributed by atoms with van der Waals surface area (Å²) in [6.07, 6.45) is 4.65. The van der Waals surface area contributed by atoms with E-state index in [9.17, 15) is 0 Å². The highest BCUT2D eigenvalue weighted by Crippen LogP contribution is 2.42. The van der Waals surface area contributed by atoms with Gasteiger partial charge in [0.1, 0.15) is 17.7 Å². The van der Waals surface area contributed by atoms with Crippen LogP contribution in [0.25, 0.3) is 10.9 Å². The van der Waals surface area contributed by atoms with E-state index in [1.807, 2.05) is 0 Å². The van der Waals surface area contributed by atoms with E-state index in [-0.39, 0.29) is 0 Å². The first-order valence-electron chi connectivity index (χ1n) is 7.43. The van der Waals surface area contributed by atoms with Crippen molar-refractivity contribution in [3.8, 4) is 5.75 Å². The van der Waals surface area contributed by atoms with Crippen LogP contribution in [0.2, 0.25) is 0 Å². The Hall–Kier alpha value is -1.16. The van der Waals surface area contributed by atoms with Crippen LogP contribution in [-0.4, -0.2) is 10.7 Å². The maximum Gasteiger partial charge on any atom is 0.125 e. The highest BCUT2D eigenvalue weighted by Gasteiger charge is 2.27. The third-order valence-corrected chi connectivity index (χ3v) is 5.01. The van der Waals surface area contributed by atoms with Crippen LogP contribution in [0, 0.1) is 0 Å². The molecule has 4 heteroatoms. The van der Waals surface area contributed by atoms with Crippen LogP contribution in [0.15, 0.2) is 16.6 Å². The number of aryl methyl sites for hydroxylation is 1. The first kappa shape index (κ1) is 13.8. The molecule has 2 heterocycles. The number of nitrogens with two attached hydrogens (primary N) is 1. The van der Waals surface area contributed by atoms with Crippen molar-refractivity contribution in [1.82, 2.24) is 4.57 Å². The predicted octanol–water partition coefficient (Wildman–Crippen LogP) is 4.50. The van der Waals surface area contributed by atoms with Crippen molar-refractivity contribution in [3.63, 3.8) is 0 Å². The number of rotatable bonds is 4. The third kappa shape index (κ3) is 2.01. The standard InChI is InChI=1S/C16H21BrN2O/c1-3-5-8-19-15-11(14(17)16(19)18)6-7-13-12(15)9-10(4-2)20-13/h6-7,10H,3-5,8-9,18H2,1-2H3. The van der Waals surface area contributed by atoms with Crippen molar-refractivity contribution >= 4 is 32.7 Å². The first-order valence-corrected chi connectivity index (χ1v) is 8.22. The van der Waals surface area contributed by atoms with Crippen molar-refractivity contribution in [3.05, 3.63) is 22.2 Å². The van der Waals surface area contributed by atoms with Crippen molar-refractivity contribution < 1.29 is 4.74 Å². The second-order valence-corrected chi connectivity index (χ2v) is 6.29. The van der Waals surface area contributed by atoms with E-state index in [1.54, 1.807) is 0 Å². The summed E-state index contributed by atoms with van der Waals surface area (Å²) >= 11 is 3.65. The number of anilines is 1. The summed E-state index contributed by atoms with van der Waals surface area (Å²) in [6, 6.07) is 4.21. The smallest absolute Gasteiger partial charge is 0.125 e. The van der Waals surface area contributed by atoms with Gasteiger partial charge in [-0.15, -0.1) is 0 Å². The number of hydrogen-bond acceptors (Lipinski definition) is 2. The van der Waals surface area contributed by atoms with E-state index in [2.05, 4.69) is 46.5 Å². The van der Waals surface area contributed by atoms with Crippen molar-refractivity contribution in [2.24, 2.45) is 0 Å². The predicted molar refractivity (Wildman–Crippen MR) is 87.4 cm³/mol. The van der Waals surface area contributed by atoms with Gasteiger partial charge in [-0.2, -0.15) is 0 Å². The van der Waals surface area contributed by atoms with Gasteiger partial charge in [-0.3, -0.25) is 0 Å². The fourth-order valence-electron chi connectivity index (χ4n) is 3.01. The molecule has 0 amide bonds. The first-order chi connectivity index (χ1) is 9.67. The fourth-order valence-corrected chi connectivity index (χ4v) is 3.55. The normalized spacial score (nSPS) is 17.4. The van der Waals surface area contributed by atoms with E-state index < -0.39 is 0 Å². The van der Waals surface area contributed by atoms with Gasteiger partial charge in [0.05, 0.1) is 9.99 Å². The molecule has 0 saturated heterocycles. The minimum atomic E-state index is 0.310. The Labute approximate surface area is 128 Å². The Morgan fingerprint density at radius 3 is 2.90 bits per heavy atom. The lowest BCUT2D eigenvalue weighted by atomic mass is 10.1. The summed E-state index contributed by atoms with van der Waals surface area (Å²) in [5.41, 5.74) is 8.88. The molecule has 1 aromatic heterocycles. The Morgan fingerprint density at radius 2 is 2.20 bits per heavy atom. The molecule has 0 bridgehead atoms. The maximum atomic E-state index is 6.29. The highest BCUT2D eigenvalue weighted by atomic mass is 79.9. The number of unbranched alkanes of at least 4 members (excludes halogenated alkanes) is 1. The zero-order valence-electron chi connectivity index (χ0n) is 12.1. The molecule has 0 saturated carbocycles. The molecule has 1 atom stereocenters. The molecular formula is C16H21BrN2O. The van der Waals surface area contributed by atoms with Gasteiger partial charge in [-0.05, 0) is 40.9 Å². The molecule has 1 unspecified atom stereocenters. The fraction of sp³-hybridized carbons (Fsp3) is 0.500. The largest absolute Gasteiger partial charge is 0.490 e. The summed E-state index contributed by atoms with van der Waals surface area (Å²) in [7, 11) is 0. The molecule has 1 aliphatic rings. The molecule has 20 heavy (non-hydrogen) atoms. The summed E-state index contributed by atoms with van der Waals surface area (Å²) in [4.78, 5) is 0. The molecule has 108 valence electrons. The van der Waals surface area contributed by atoms with Crippen LogP contribution >= 0.6 is 15.9 Å². The molecule has 2 N–H and O–H groups in total. The number of nitrogens with zero attached hydrogens (tertiary/aromatic N) is 1. The van der Waals surface area contributed by atoms with E-state index >= 15 is 0 Å². The minimum Gasteiger partial charge on any atom is -0.490 e. The van der Waals surface area contributed by atoms with E-state index in [0.29, 0.717) is 6.10 Å². The number of nitrogen functional groups attached to an aromatic ring is 1. The number of benzene rings is 1. The lowest BCUT2D eigenvalue weighted by Crippen LogP contribution is -2.10. The third-order valence-electron chi connectivity index (χ3n) is 4.18. The molecule has 1 aliphatic heterocycles. The minimum absolute atomic E-state index is 0.310. The van der Waals surface area contributed by atoms with Gasteiger partial charge in [-0.25, -0.2) is 0 Å². The molecule has 1 aromatic carbocycles. The Balaban J connectivity index is 2.18. The van der Waals surface area contributed by atoms with Crippen molar-refractivity contribution in [2.45, 2.75) is 52.2 Å². The number of halogens is 1. The van der Waals surface area contributed by atoms with Crippen molar-refractivity contribution in [1.29, 1.82) is 0 Å². The molecule has 0 fully saturated rings. The monoisotopic (exact) mass is 336 g/mol. The molecule has 0 radical (unpaired) electrons. The lowest BCUT2D eigenvalue weighted by molar-refractivity contribution is 0.228. The topological polar surface area (TPSA) is 40.2 Å². The van der Waals surface area contributed by atoms with E-state index in [0.717, 1.165) is 41.8 Å². The second kappa shape index (κ2) is 5.32. The van der Waals surface area contributed by atoms with Crippen LogP contribution in [0.1, 0.15) is 38.7 Å². The number of aromatic nitrogens is 1. The van der Waals surface area contributed by atoms with Gasteiger partial charge in [-0.1, -0.05) is 20.3 Å². The summed E-state index contributed by atoms with van der Waals surface area (Å²) in [5, 5.41) is 1.21. The van der Waals surface area contributed by atoms with Gasteiger partial charge in [0.25, 0.3) is 0 Å². The van der Waals surface area contributed by atoms with E-state index in [4.69, 9.17) is 10.5 Å². The van der Waals surface area contributed by atoms with Crippen LogP contribution in [0.3, 0.4) is 0 Å². The lowest BCUT2D eigenvalue weighted by Gasteiger charge is -2.09. The molecule has 0 spiro atoms. The quantitative estimate of drug-likeness (QED) is 0.892. The Kier molecular flexibility index (Phi) is 3.67. The van der Waals surface area contributed by atoms with Crippen LogP contribution < -0.4 is 10.5 Å². The molecule has 2 aromatic rings. The molecular weight excluding hydrogens is 316 g/mol. The second-order valence-electron chi connectivity index (χ2n) is 5.50. The van der Waals surface area contributed by atoms with Gasteiger partial charge in [0.15, 0.2) is 0 Å². The Morgan fingerprint density at radius 1 is 1.40 bits per heavy atom. The zero-order valence-corrected chi connectivity index (χ0v) is 13.7. The summed E-state index contributed by atoms with van der Waals surface area (Å²) < 4.78 is 9.28. The zero-order chi connectivity index (χ0) is 14.3. The summed E-state index contributed by atoms with van der Waals surface area (Å²) in [6.45, 7) is 5.35. The summed E-state index contributed by atoms with van der Waals surface area (Å²) in [5.74, 6) is 1.87. The van der Waals surface area contributed by atoms with Gasteiger partial charge in [0.2, 0.25) is 0 Å². The number of ether oxygens (including phenoxy) is 1. The SMILES string of the molecule is CCCCn1c(N)c(Br)c2ccc3c(c21)CC(CC)O3. The average Bonchev–Trinajstić information content (AvgIpc) is 2.98. The van der Waals surface area contributed by atoms with Crippen LogP contribution in [-0.2, 0) is 13.0 Å². The van der Waals surface area contributed by atoms with Gasteiger partial charge < -0.3 is 15.0 Å². The van der Waals surface area contributed by atoms with Crippen LogP contribution in [0.4, 0.5) is 5.82 Å². The Bertz CT molecular complexity index is 648. The highest BCUT2D eigenvalue weighted by molar-refractivity contribution is 9.10. The van der Waals surface area contributed by atoms with Crippen LogP contribution in [0.5, 0.6) is 5.75 Å². The van der Waals surface area contributed by atoms with Gasteiger partial charge in [0, 0.05) is 23.9 Å². The van der Waals surface area contributed by atoms with Crippen molar-refractivity contribution in [2.75, 3.05) is 5.73 Å². The molecule has 3 nitrogen and oxygen atoms in total. The van der Waals surface area contributed by atoms with E-state index in [1.165, 1.54) is 22.9 Å². The average molecular weight is 337 g/mol. The molecule has 3 rings (SSSR count).